The molecule has 0 amide bonds. The van der Waals surface area contributed by atoms with Gasteiger partial charge in [-0.15, -0.1) is 24.0 Å². The average molecular weight is 404 g/mol. The predicted octanol–water partition coefficient (Wildman–Crippen LogP) is 2.83. The molecule has 1 aromatic carbocycles. The van der Waals surface area contributed by atoms with Crippen molar-refractivity contribution in [2.45, 2.75) is 39.4 Å². The molecule has 0 saturated carbocycles. The molecule has 0 radical (unpaired) electrons. The number of nitrogens with zero attached hydrogens (tertiary/aromatic N) is 2. The van der Waals surface area contributed by atoms with Crippen molar-refractivity contribution in [2.75, 3.05) is 21.1 Å². The van der Waals surface area contributed by atoms with Crippen LogP contribution < -0.4 is 10.6 Å². The van der Waals surface area contributed by atoms with Gasteiger partial charge in [-0.05, 0) is 46.0 Å². The lowest BCUT2D eigenvalue weighted by molar-refractivity contribution is 0.402. The number of hydrogen-bond donors (Lipinski definition) is 2. The summed E-state index contributed by atoms with van der Waals surface area (Å²) >= 11 is 0. The van der Waals surface area contributed by atoms with Gasteiger partial charge in [0.15, 0.2) is 5.96 Å². The monoisotopic (exact) mass is 404 g/mol. The first-order chi connectivity index (χ1) is 9.30. The van der Waals surface area contributed by atoms with Gasteiger partial charge in [-0.1, -0.05) is 24.3 Å². The van der Waals surface area contributed by atoms with Crippen molar-refractivity contribution in [3.8, 4) is 0 Å². The minimum absolute atomic E-state index is 0. The molecule has 1 aromatic rings. The molecule has 0 atom stereocenters. The van der Waals surface area contributed by atoms with E-state index in [1.807, 2.05) is 0 Å². The number of benzene rings is 1. The Kier molecular flexibility index (Phi) is 8.89. The standard InChI is InChI=1S/C16H28N4.HI/c1-16(2,3)19-15(17-4)18-11-13-8-7-9-14(10-13)12-20(5)6;/h7-10H,11-12H2,1-6H3,(H2,17,18,19);1H. The third-order valence-electron chi connectivity index (χ3n) is 2.67. The first-order valence-corrected chi connectivity index (χ1v) is 7.01. The summed E-state index contributed by atoms with van der Waals surface area (Å²) in [4.78, 5) is 6.42. The quantitative estimate of drug-likeness (QED) is 0.461. The molecule has 0 aromatic heterocycles. The van der Waals surface area contributed by atoms with Gasteiger partial charge in [-0.25, -0.2) is 0 Å². The number of aliphatic imine (C=N–C) groups is 1. The minimum Gasteiger partial charge on any atom is -0.352 e. The molecule has 4 nitrogen and oxygen atoms in total. The molecule has 2 N–H and O–H groups in total. The summed E-state index contributed by atoms with van der Waals surface area (Å²) in [6.45, 7) is 8.10. The number of rotatable bonds is 4. The lowest BCUT2D eigenvalue weighted by Gasteiger charge is -2.23. The molecule has 0 fully saturated rings. The molecule has 1 rings (SSSR count). The van der Waals surface area contributed by atoms with Crippen LogP contribution in [0.25, 0.3) is 0 Å². The van der Waals surface area contributed by atoms with Crippen molar-refractivity contribution in [1.29, 1.82) is 0 Å². The van der Waals surface area contributed by atoms with Gasteiger partial charge in [-0.3, -0.25) is 4.99 Å². The van der Waals surface area contributed by atoms with Crippen LogP contribution in [0.1, 0.15) is 31.9 Å². The van der Waals surface area contributed by atoms with E-state index in [2.05, 4.69) is 79.7 Å². The molecule has 0 aliphatic carbocycles. The van der Waals surface area contributed by atoms with E-state index in [9.17, 15) is 0 Å². The predicted molar refractivity (Wildman–Crippen MR) is 102 cm³/mol. The molecule has 0 aliphatic heterocycles. The van der Waals surface area contributed by atoms with E-state index in [0.717, 1.165) is 19.0 Å². The summed E-state index contributed by atoms with van der Waals surface area (Å²) in [6.07, 6.45) is 0. The Morgan fingerprint density at radius 2 is 1.81 bits per heavy atom. The second kappa shape index (κ2) is 9.25. The normalized spacial score (nSPS) is 12.0. The van der Waals surface area contributed by atoms with Crippen molar-refractivity contribution in [2.24, 2.45) is 4.99 Å². The van der Waals surface area contributed by atoms with E-state index >= 15 is 0 Å². The summed E-state index contributed by atoms with van der Waals surface area (Å²) in [5.41, 5.74) is 2.60. The van der Waals surface area contributed by atoms with Crippen LogP contribution in [-0.2, 0) is 13.1 Å². The van der Waals surface area contributed by atoms with Gasteiger partial charge in [-0.2, -0.15) is 0 Å². The Morgan fingerprint density at radius 3 is 2.33 bits per heavy atom. The fourth-order valence-electron chi connectivity index (χ4n) is 1.92. The zero-order valence-electron chi connectivity index (χ0n) is 14.0. The highest BCUT2D eigenvalue weighted by molar-refractivity contribution is 14.0. The molecular weight excluding hydrogens is 375 g/mol. The fraction of sp³-hybridized carbons (Fsp3) is 0.562. The number of halogens is 1. The van der Waals surface area contributed by atoms with E-state index in [1.165, 1.54) is 11.1 Å². The maximum Gasteiger partial charge on any atom is 0.191 e. The second-order valence-electron chi connectivity index (χ2n) is 6.36. The summed E-state index contributed by atoms with van der Waals surface area (Å²) in [6, 6.07) is 8.63. The number of nitrogens with one attached hydrogen (secondary N) is 2. The van der Waals surface area contributed by atoms with Crippen molar-refractivity contribution in [3.05, 3.63) is 35.4 Å². The van der Waals surface area contributed by atoms with Crippen LogP contribution in [0.15, 0.2) is 29.3 Å². The summed E-state index contributed by atoms with van der Waals surface area (Å²) in [5, 5.41) is 6.70. The van der Waals surface area contributed by atoms with Gasteiger partial charge in [0.05, 0.1) is 0 Å². The van der Waals surface area contributed by atoms with Gasteiger partial charge < -0.3 is 15.5 Å². The zero-order valence-corrected chi connectivity index (χ0v) is 16.4. The third-order valence-corrected chi connectivity index (χ3v) is 2.67. The maximum absolute atomic E-state index is 4.25. The maximum atomic E-state index is 4.25. The van der Waals surface area contributed by atoms with Crippen molar-refractivity contribution in [1.82, 2.24) is 15.5 Å². The van der Waals surface area contributed by atoms with Crippen molar-refractivity contribution >= 4 is 29.9 Å². The number of guanidine groups is 1. The smallest absolute Gasteiger partial charge is 0.191 e. The Labute approximate surface area is 146 Å². The largest absolute Gasteiger partial charge is 0.352 e. The molecule has 0 heterocycles. The summed E-state index contributed by atoms with van der Waals surface area (Å²) < 4.78 is 0. The number of hydrogen-bond acceptors (Lipinski definition) is 2. The minimum atomic E-state index is 0. The molecule has 0 aliphatic rings. The molecule has 120 valence electrons. The summed E-state index contributed by atoms with van der Waals surface area (Å²) in [7, 11) is 5.96. The van der Waals surface area contributed by atoms with Gasteiger partial charge in [0.25, 0.3) is 0 Å². The van der Waals surface area contributed by atoms with Crippen LogP contribution in [0.2, 0.25) is 0 Å². The van der Waals surface area contributed by atoms with Crippen LogP contribution in [0.4, 0.5) is 0 Å². The van der Waals surface area contributed by atoms with E-state index in [0.29, 0.717) is 0 Å². The van der Waals surface area contributed by atoms with Gasteiger partial charge in [0.2, 0.25) is 0 Å². The molecule has 0 bridgehead atoms. The second-order valence-corrected chi connectivity index (χ2v) is 6.36. The zero-order chi connectivity index (χ0) is 15.2. The molecule has 21 heavy (non-hydrogen) atoms. The topological polar surface area (TPSA) is 39.7 Å². The Hall–Kier alpha value is -0.820. The van der Waals surface area contributed by atoms with Crippen LogP contribution in [0.3, 0.4) is 0 Å². The van der Waals surface area contributed by atoms with Crippen molar-refractivity contribution in [3.63, 3.8) is 0 Å². The van der Waals surface area contributed by atoms with Crippen molar-refractivity contribution < 1.29 is 0 Å². The van der Waals surface area contributed by atoms with Crippen LogP contribution in [-0.4, -0.2) is 37.5 Å². The highest BCUT2D eigenvalue weighted by Crippen LogP contribution is 2.07. The average Bonchev–Trinajstić information content (AvgIpc) is 2.32. The van der Waals surface area contributed by atoms with E-state index in [-0.39, 0.29) is 29.5 Å². The molecule has 0 spiro atoms. The Balaban J connectivity index is 0.00000400. The van der Waals surface area contributed by atoms with Gasteiger partial charge in [0.1, 0.15) is 0 Å². The van der Waals surface area contributed by atoms with Crippen LogP contribution in [0.5, 0.6) is 0 Å². The fourth-order valence-corrected chi connectivity index (χ4v) is 1.92. The van der Waals surface area contributed by atoms with Crippen LogP contribution in [0, 0.1) is 0 Å². The highest BCUT2D eigenvalue weighted by atomic mass is 127. The highest BCUT2D eigenvalue weighted by Gasteiger charge is 2.11. The van der Waals surface area contributed by atoms with Gasteiger partial charge >= 0.3 is 0 Å². The van der Waals surface area contributed by atoms with E-state index in [4.69, 9.17) is 0 Å². The Morgan fingerprint density at radius 1 is 1.19 bits per heavy atom. The van der Waals surface area contributed by atoms with E-state index in [1.54, 1.807) is 7.05 Å². The molecule has 0 unspecified atom stereocenters. The summed E-state index contributed by atoms with van der Waals surface area (Å²) in [5.74, 6) is 0.829. The Bertz CT molecular complexity index is 450. The van der Waals surface area contributed by atoms with E-state index < -0.39 is 0 Å². The lowest BCUT2D eigenvalue weighted by atomic mass is 10.1. The first-order valence-electron chi connectivity index (χ1n) is 7.01. The molecule has 5 heteroatoms. The first kappa shape index (κ1) is 20.2. The lowest BCUT2D eigenvalue weighted by Crippen LogP contribution is -2.47. The SMILES string of the molecule is CN=C(NCc1cccc(CN(C)C)c1)NC(C)(C)C.I. The van der Waals surface area contributed by atoms with Crippen LogP contribution >= 0.6 is 24.0 Å². The molecular formula is C16H29IN4. The third kappa shape index (κ3) is 8.93. The van der Waals surface area contributed by atoms with Gasteiger partial charge in [0, 0.05) is 25.7 Å². The molecule has 0 saturated heterocycles.